The molecule has 3 unspecified atom stereocenters. The van der Waals surface area contributed by atoms with Crippen molar-refractivity contribution in [2.75, 3.05) is 19.6 Å². The molecule has 0 N–H and O–H groups in total. The maximum absolute atomic E-state index is 12.9. The van der Waals surface area contributed by atoms with E-state index in [1.807, 2.05) is 17.0 Å². The standard InChI is InChI=1S/C20H27N3O3/c24-20(26-19-13-22-9-5-14(19)6-10-22)23-15-1-2-16(23)12-18(11-15)25-17-3-7-21-8-4-17/h3-4,7-8,14-16,18-19H,1-2,5-6,9-13H2. The van der Waals surface area contributed by atoms with Crippen molar-refractivity contribution >= 4 is 6.09 Å². The van der Waals surface area contributed by atoms with Crippen LogP contribution in [-0.4, -0.2) is 64.8 Å². The van der Waals surface area contributed by atoms with Crippen LogP contribution in [0.2, 0.25) is 0 Å². The van der Waals surface area contributed by atoms with Gasteiger partial charge in [-0.15, -0.1) is 0 Å². The van der Waals surface area contributed by atoms with E-state index in [1.54, 1.807) is 12.4 Å². The molecule has 0 spiro atoms. The maximum atomic E-state index is 12.9. The van der Waals surface area contributed by atoms with Gasteiger partial charge in [0.05, 0.1) is 0 Å². The first-order valence-corrected chi connectivity index (χ1v) is 10.0. The Balaban J connectivity index is 1.21. The molecular formula is C20H27N3O3. The Kier molecular flexibility index (Phi) is 4.23. The highest BCUT2D eigenvalue weighted by Gasteiger charge is 2.46. The van der Waals surface area contributed by atoms with Crippen molar-refractivity contribution in [1.29, 1.82) is 0 Å². The molecule has 0 aromatic carbocycles. The van der Waals surface area contributed by atoms with Crippen LogP contribution in [0.3, 0.4) is 0 Å². The largest absolute Gasteiger partial charge is 0.490 e. The van der Waals surface area contributed by atoms with Gasteiger partial charge in [-0.3, -0.25) is 9.88 Å². The third-order valence-electron chi connectivity index (χ3n) is 6.70. The van der Waals surface area contributed by atoms with E-state index in [0.717, 1.165) is 38.0 Å². The fraction of sp³-hybridized carbons (Fsp3) is 0.700. The van der Waals surface area contributed by atoms with Crippen LogP contribution >= 0.6 is 0 Å². The summed E-state index contributed by atoms with van der Waals surface area (Å²) < 4.78 is 12.1. The summed E-state index contributed by atoms with van der Waals surface area (Å²) in [6.45, 7) is 3.26. The van der Waals surface area contributed by atoms with Gasteiger partial charge in [-0.1, -0.05) is 0 Å². The molecule has 5 aliphatic heterocycles. The van der Waals surface area contributed by atoms with Crippen molar-refractivity contribution in [2.45, 2.75) is 62.8 Å². The first-order chi connectivity index (χ1) is 12.8. The van der Waals surface area contributed by atoms with Gasteiger partial charge in [0, 0.05) is 43.9 Å². The van der Waals surface area contributed by atoms with Gasteiger partial charge < -0.3 is 14.4 Å². The van der Waals surface area contributed by atoms with Crippen molar-refractivity contribution in [1.82, 2.24) is 14.8 Å². The lowest BCUT2D eigenvalue weighted by Gasteiger charge is -2.45. The van der Waals surface area contributed by atoms with Crippen LogP contribution in [0.25, 0.3) is 0 Å². The lowest BCUT2D eigenvalue weighted by Crippen LogP contribution is -2.55. The molecule has 140 valence electrons. The normalized spacial score (nSPS) is 38.2. The molecule has 4 bridgehead atoms. The number of ether oxygens (including phenoxy) is 2. The zero-order valence-electron chi connectivity index (χ0n) is 15.1. The summed E-state index contributed by atoms with van der Waals surface area (Å²) in [7, 11) is 0. The SMILES string of the molecule is O=C(OC1CN2CCC1CC2)N1C2CCC1CC(Oc1ccncc1)C2. The summed E-state index contributed by atoms with van der Waals surface area (Å²) in [5.74, 6) is 1.43. The number of nitrogens with zero attached hydrogens (tertiary/aromatic N) is 3. The monoisotopic (exact) mass is 357 g/mol. The molecule has 0 aliphatic carbocycles. The summed E-state index contributed by atoms with van der Waals surface area (Å²) >= 11 is 0. The van der Waals surface area contributed by atoms with Gasteiger partial charge >= 0.3 is 6.09 Å². The maximum Gasteiger partial charge on any atom is 0.410 e. The first-order valence-electron chi connectivity index (χ1n) is 10.0. The third kappa shape index (κ3) is 3.04. The number of amides is 1. The average Bonchev–Trinajstić information content (AvgIpc) is 2.95. The van der Waals surface area contributed by atoms with Crippen molar-refractivity contribution in [2.24, 2.45) is 5.92 Å². The van der Waals surface area contributed by atoms with E-state index in [4.69, 9.17) is 9.47 Å². The molecule has 5 saturated heterocycles. The highest BCUT2D eigenvalue weighted by Crippen LogP contribution is 2.38. The summed E-state index contributed by atoms with van der Waals surface area (Å²) in [4.78, 5) is 21.4. The fourth-order valence-electron chi connectivity index (χ4n) is 5.37. The number of rotatable bonds is 3. The molecule has 5 fully saturated rings. The summed E-state index contributed by atoms with van der Waals surface area (Å²) in [6, 6.07) is 4.31. The van der Waals surface area contributed by atoms with E-state index in [-0.39, 0.29) is 30.4 Å². The Bertz CT molecular complexity index is 633. The molecule has 6 heteroatoms. The molecule has 6 nitrogen and oxygen atoms in total. The molecule has 3 atom stereocenters. The summed E-state index contributed by atoms with van der Waals surface area (Å²) in [5.41, 5.74) is 0. The van der Waals surface area contributed by atoms with Crippen molar-refractivity contribution in [3.05, 3.63) is 24.5 Å². The van der Waals surface area contributed by atoms with Crippen LogP contribution in [0.5, 0.6) is 5.75 Å². The molecule has 6 rings (SSSR count). The van der Waals surface area contributed by atoms with E-state index in [0.29, 0.717) is 5.92 Å². The number of aromatic nitrogens is 1. The van der Waals surface area contributed by atoms with Crippen LogP contribution in [-0.2, 0) is 4.74 Å². The molecule has 1 amide bonds. The quantitative estimate of drug-likeness (QED) is 0.832. The van der Waals surface area contributed by atoms with Crippen LogP contribution in [0.4, 0.5) is 4.79 Å². The minimum absolute atomic E-state index is 0.0846. The molecule has 0 radical (unpaired) electrons. The van der Waals surface area contributed by atoms with Gasteiger partial charge in [-0.2, -0.15) is 0 Å². The number of carbonyl (C=O) groups excluding carboxylic acids is 1. The molecule has 1 aromatic heterocycles. The van der Waals surface area contributed by atoms with Gasteiger partial charge in [0.1, 0.15) is 18.0 Å². The summed E-state index contributed by atoms with van der Waals surface area (Å²) in [5, 5.41) is 0. The number of pyridine rings is 1. The molecule has 5 aliphatic rings. The smallest absolute Gasteiger partial charge is 0.410 e. The minimum Gasteiger partial charge on any atom is -0.490 e. The highest BCUT2D eigenvalue weighted by atomic mass is 16.6. The number of piperidine rings is 4. The number of hydrogen-bond acceptors (Lipinski definition) is 5. The first kappa shape index (κ1) is 16.4. The number of hydrogen-bond donors (Lipinski definition) is 0. The molecule has 0 saturated carbocycles. The second-order valence-electron chi connectivity index (χ2n) is 8.25. The van der Waals surface area contributed by atoms with Crippen LogP contribution in [0, 0.1) is 5.92 Å². The second kappa shape index (κ2) is 6.72. The van der Waals surface area contributed by atoms with Crippen molar-refractivity contribution in [3.8, 4) is 5.75 Å². The van der Waals surface area contributed by atoms with Gasteiger partial charge in [0.25, 0.3) is 0 Å². The zero-order chi connectivity index (χ0) is 17.5. The van der Waals surface area contributed by atoms with E-state index >= 15 is 0 Å². The van der Waals surface area contributed by atoms with E-state index < -0.39 is 0 Å². The second-order valence-corrected chi connectivity index (χ2v) is 8.25. The number of carbonyl (C=O) groups is 1. The minimum atomic E-state index is -0.0846. The van der Waals surface area contributed by atoms with Gasteiger partial charge in [-0.05, 0) is 56.8 Å². The lowest BCUT2D eigenvalue weighted by molar-refractivity contribution is -0.0538. The van der Waals surface area contributed by atoms with Crippen LogP contribution < -0.4 is 4.74 Å². The molecular weight excluding hydrogens is 330 g/mol. The predicted octanol–water partition coefficient (Wildman–Crippen LogP) is 2.69. The molecule has 6 heterocycles. The van der Waals surface area contributed by atoms with Gasteiger partial charge in [0.15, 0.2) is 0 Å². The van der Waals surface area contributed by atoms with E-state index in [9.17, 15) is 4.79 Å². The van der Waals surface area contributed by atoms with Gasteiger partial charge in [0.2, 0.25) is 0 Å². The van der Waals surface area contributed by atoms with Crippen molar-refractivity contribution < 1.29 is 14.3 Å². The Morgan fingerprint density at radius 3 is 2.35 bits per heavy atom. The van der Waals surface area contributed by atoms with Gasteiger partial charge in [-0.25, -0.2) is 4.79 Å². The van der Waals surface area contributed by atoms with E-state index in [2.05, 4.69) is 9.88 Å². The Morgan fingerprint density at radius 1 is 1.04 bits per heavy atom. The predicted molar refractivity (Wildman–Crippen MR) is 96.0 cm³/mol. The number of fused-ring (bicyclic) bond motifs is 5. The Labute approximate surface area is 154 Å². The molecule has 1 aromatic rings. The fourth-order valence-corrected chi connectivity index (χ4v) is 5.37. The lowest BCUT2D eigenvalue weighted by atomic mass is 9.86. The zero-order valence-corrected chi connectivity index (χ0v) is 15.1. The Hall–Kier alpha value is -1.82. The third-order valence-corrected chi connectivity index (χ3v) is 6.70. The van der Waals surface area contributed by atoms with Crippen LogP contribution in [0.1, 0.15) is 38.5 Å². The molecule has 26 heavy (non-hydrogen) atoms. The summed E-state index contributed by atoms with van der Waals surface area (Å²) in [6.07, 6.45) is 9.97. The topological polar surface area (TPSA) is 54.9 Å². The van der Waals surface area contributed by atoms with E-state index in [1.165, 1.54) is 25.9 Å². The van der Waals surface area contributed by atoms with Crippen LogP contribution in [0.15, 0.2) is 24.5 Å². The average molecular weight is 357 g/mol. The van der Waals surface area contributed by atoms with Crippen molar-refractivity contribution in [3.63, 3.8) is 0 Å². The highest BCUT2D eigenvalue weighted by molar-refractivity contribution is 5.69. The Morgan fingerprint density at radius 2 is 1.73 bits per heavy atom.